The number of carbonyl (C=O) groups excluding carboxylic acids is 1. The van der Waals surface area contributed by atoms with E-state index in [1.54, 1.807) is 12.1 Å². The number of hydrogen-bond donors (Lipinski definition) is 2. The van der Waals surface area contributed by atoms with Crippen LogP contribution in [-0.4, -0.2) is 17.0 Å². The Kier molecular flexibility index (Phi) is 4.49. The first-order valence-electron chi connectivity index (χ1n) is 6.70. The first kappa shape index (κ1) is 15.3. The van der Waals surface area contributed by atoms with E-state index in [9.17, 15) is 14.7 Å². The molecule has 1 saturated carbocycles. The van der Waals surface area contributed by atoms with E-state index in [2.05, 4.69) is 5.32 Å². The zero-order valence-electron chi connectivity index (χ0n) is 11.4. The van der Waals surface area contributed by atoms with E-state index in [-0.39, 0.29) is 17.4 Å². The van der Waals surface area contributed by atoms with Crippen LogP contribution in [0.1, 0.15) is 37.7 Å². The van der Waals surface area contributed by atoms with E-state index in [1.165, 1.54) is 6.07 Å². The number of benzene rings is 1. The summed E-state index contributed by atoms with van der Waals surface area (Å²) < 4.78 is 0. The third-order valence-electron chi connectivity index (χ3n) is 3.89. The van der Waals surface area contributed by atoms with E-state index in [4.69, 9.17) is 16.9 Å². The average Bonchev–Trinajstić information content (AvgIpc) is 2.90. The number of carboxylic acids is 1. The lowest BCUT2D eigenvalue weighted by Crippen LogP contribution is -2.32. The SMILES string of the molecule is N#Cc1ccc(NC(=O)CC2(C(=O)O)CCCC2)c(Cl)c1. The van der Waals surface area contributed by atoms with Crippen molar-refractivity contribution >= 4 is 29.2 Å². The van der Waals surface area contributed by atoms with Crippen LogP contribution >= 0.6 is 11.6 Å². The van der Waals surface area contributed by atoms with Crippen molar-refractivity contribution < 1.29 is 14.7 Å². The number of nitrogens with zero attached hydrogens (tertiary/aromatic N) is 1. The van der Waals surface area contributed by atoms with Crippen LogP contribution in [0.5, 0.6) is 0 Å². The fourth-order valence-electron chi connectivity index (χ4n) is 2.71. The standard InChI is InChI=1S/C15H15ClN2O3/c16-11-7-10(9-17)3-4-12(11)18-13(19)8-15(14(20)21)5-1-2-6-15/h3-4,7H,1-2,5-6,8H2,(H,18,19)(H,20,21). The highest BCUT2D eigenvalue weighted by atomic mass is 35.5. The maximum Gasteiger partial charge on any atom is 0.310 e. The van der Waals surface area contributed by atoms with E-state index in [0.29, 0.717) is 24.1 Å². The molecule has 1 aromatic rings. The van der Waals surface area contributed by atoms with Crippen LogP contribution < -0.4 is 5.32 Å². The molecule has 21 heavy (non-hydrogen) atoms. The Labute approximate surface area is 127 Å². The molecule has 1 fully saturated rings. The number of anilines is 1. The Bertz CT molecular complexity index is 616. The minimum atomic E-state index is -0.955. The van der Waals surface area contributed by atoms with Crippen molar-refractivity contribution in [3.8, 4) is 6.07 Å². The van der Waals surface area contributed by atoms with Gasteiger partial charge >= 0.3 is 5.97 Å². The van der Waals surface area contributed by atoms with Gasteiger partial charge in [-0.2, -0.15) is 5.26 Å². The lowest BCUT2D eigenvalue weighted by Gasteiger charge is -2.23. The van der Waals surface area contributed by atoms with E-state index < -0.39 is 11.4 Å². The molecule has 0 aliphatic heterocycles. The molecule has 5 nitrogen and oxygen atoms in total. The topological polar surface area (TPSA) is 90.2 Å². The molecule has 0 bridgehead atoms. The number of hydrogen-bond acceptors (Lipinski definition) is 3. The molecule has 1 aromatic carbocycles. The Morgan fingerprint density at radius 1 is 1.38 bits per heavy atom. The van der Waals surface area contributed by atoms with Gasteiger partial charge in [0.05, 0.1) is 27.8 Å². The van der Waals surface area contributed by atoms with Gasteiger partial charge in [0.2, 0.25) is 5.91 Å². The minimum absolute atomic E-state index is 0.0569. The van der Waals surface area contributed by atoms with Crippen molar-refractivity contribution in [3.63, 3.8) is 0 Å². The molecule has 2 N–H and O–H groups in total. The van der Waals surface area contributed by atoms with Gasteiger partial charge in [-0.25, -0.2) is 0 Å². The Morgan fingerprint density at radius 3 is 2.57 bits per heavy atom. The third kappa shape index (κ3) is 3.34. The van der Waals surface area contributed by atoms with Gasteiger partial charge in [-0.05, 0) is 31.0 Å². The molecular formula is C15H15ClN2O3. The molecule has 2 rings (SSSR count). The van der Waals surface area contributed by atoms with Gasteiger partial charge in [0.15, 0.2) is 0 Å². The first-order chi connectivity index (χ1) is 9.97. The summed E-state index contributed by atoms with van der Waals surface area (Å²) >= 11 is 5.98. The maximum absolute atomic E-state index is 12.1. The number of amides is 1. The molecule has 0 aromatic heterocycles. The number of carbonyl (C=O) groups is 2. The lowest BCUT2D eigenvalue weighted by molar-refractivity contribution is -0.150. The summed E-state index contributed by atoms with van der Waals surface area (Å²) in [6.45, 7) is 0. The molecule has 0 saturated heterocycles. The van der Waals surface area contributed by atoms with Gasteiger partial charge in [0.1, 0.15) is 0 Å². The Hall–Kier alpha value is -2.06. The normalized spacial score (nSPS) is 16.2. The summed E-state index contributed by atoms with van der Waals surface area (Å²) in [4.78, 5) is 23.5. The van der Waals surface area contributed by atoms with Crippen LogP contribution in [-0.2, 0) is 9.59 Å². The summed E-state index contributed by atoms with van der Waals surface area (Å²) in [6, 6.07) is 6.50. The number of nitriles is 1. The van der Waals surface area contributed by atoms with Gasteiger partial charge in [-0.15, -0.1) is 0 Å². The summed E-state index contributed by atoms with van der Waals surface area (Å²) in [5.74, 6) is -1.29. The van der Waals surface area contributed by atoms with Crippen molar-refractivity contribution in [3.05, 3.63) is 28.8 Å². The highest BCUT2D eigenvalue weighted by Gasteiger charge is 2.43. The van der Waals surface area contributed by atoms with Gasteiger partial charge < -0.3 is 10.4 Å². The Morgan fingerprint density at radius 2 is 2.05 bits per heavy atom. The van der Waals surface area contributed by atoms with Crippen molar-refractivity contribution in [2.75, 3.05) is 5.32 Å². The van der Waals surface area contributed by atoms with E-state index in [1.807, 2.05) is 6.07 Å². The predicted molar refractivity (Wildman–Crippen MR) is 78.0 cm³/mol. The number of halogens is 1. The monoisotopic (exact) mass is 306 g/mol. The molecule has 1 amide bonds. The second-order valence-corrected chi connectivity index (χ2v) is 5.73. The molecule has 1 aliphatic rings. The molecule has 0 heterocycles. The predicted octanol–water partition coefficient (Wildman–Crippen LogP) is 3.19. The van der Waals surface area contributed by atoms with Crippen LogP contribution in [0.3, 0.4) is 0 Å². The minimum Gasteiger partial charge on any atom is -0.481 e. The van der Waals surface area contributed by atoms with Crippen molar-refractivity contribution in [1.29, 1.82) is 5.26 Å². The molecule has 1 aliphatic carbocycles. The van der Waals surface area contributed by atoms with Crippen molar-refractivity contribution in [1.82, 2.24) is 0 Å². The second-order valence-electron chi connectivity index (χ2n) is 5.32. The van der Waals surface area contributed by atoms with Gasteiger partial charge in [0, 0.05) is 6.42 Å². The zero-order chi connectivity index (χ0) is 15.5. The summed E-state index contributed by atoms with van der Waals surface area (Å²) in [7, 11) is 0. The van der Waals surface area contributed by atoms with Crippen LogP contribution in [0.15, 0.2) is 18.2 Å². The largest absolute Gasteiger partial charge is 0.481 e. The molecule has 6 heteroatoms. The summed E-state index contributed by atoms with van der Waals surface area (Å²) in [5, 5.41) is 21.0. The van der Waals surface area contributed by atoms with Crippen molar-refractivity contribution in [2.45, 2.75) is 32.1 Å². The fourth-order valence-corrected chi connectivity index (χ4v) is 2.93. The smallest absolute Gasteiger partial charge is 0.310 e. The molecule has 0 unspecified atom stereocenters. The average molecular weight is 307 g/mol. The molecule has 110 valence electrons. The Balaban J connectivity index is 2.08. The van der Waals surface area contributed by atoms with Crippen LogP contribution in [0.25, 0.3) is 0 Å². The van der Waals surface area contributed by atoms with Crippen LogP contribution in [0.2, 0.25) is 5.02 Å². The number of nitrogens with one attached hydrogen (secondary N) is 1. The maximum atomic E-state index is 12.1. The number of aliphatic carboxylic acids is 1. The third-order valence-corrected chi connectivity index (χ3v) is 4.20. The first-order valence-corrected chi connectivity index (χ1v) is 7.07. The van der Waals surface area contributed by atoms with Gasteiger partial charge in [-0.3, -0.25) is 9.59 Å². The fraction of sp³-hybridized carbons (Fsp3) is 0.400. The quantitative estimate of drug-likeness (QED) is 0.893. The lowest BCUT2D eigenvalue weighted by atomic mass is 9.82. The van der Waals surface area contributed by atoms with Gasteiger partial charge in [0.25, 0.3) is 0 Å². The number of rotatable bonds is 4. The van der Waals surface area contributed by atoms with Gasteiger partial charge in [-0.1, -0.05) is 24.4 Å². The zero-order valence-corrected chi connectivity index (χ0v) is 12.1. The highest BCUT2D eigenvalue weighted by molar-refractivity contribution is 6.33. The van der Waals surface area contributed by atoms with Crippen molar-refractivity contribution in [2.24, 2.45) is 5.41 Å². The van der Waals surface area contributed by atoms with Crippen LogP contribution in [0, 0.1) is 16.7 Å². The molecule has 0 atom stereocenters. The summed E-state index contributed by atoms with van der Waals surface area (Å²) in [6.07, 6.45) is 2.65. The van der Waals surface area contributed by atoms with Crippen LogP contribution in [0.4, 0.5) is 5.69 Å². The second kappa shape index (κ2) is 6.15. The molecule has 0 spiro atoms. The highest BCUT2D eigenvalue weighted by Crippen LogP contribution is 2.41. The van der Waals surface area contributed by atoms with E-state index >= 15 is 0 Å². The number of carboxylic acid groups (broad SMARTS) is 1. The molecule has 0 radical (unpaired) electrons. The van der Waals surface area contributed by atoms with E-state index in [0.717, 1.165) is 12.8 Å². The summed E-state index contributed by atoms with van der Waals surface area (Å²) in [5.41, 5.74) is -0.168. The molecular weight excluding hydrogens is 292 g/mol.